The van der Waals surface area contributed by atoms with Crippen molar-refractivity contribution in [3.8, 4) is 11.3 Å². The summed E-state index contributed by atoms with van der Waals surface area (Å²) in [5.74, 6) is -0.959. The number of hydrogen-bond acceptors (Lipinski definition) is 2. The predicted molar refractivity (Wildman–Crippen MR) is 88.8 cm³/mol. The maximum absolute atomic E-state index is 10.7. The van der Waals surface area contributed by atoms with Crippen LogP contribution in [0.1, 0.15) is 6.92 Å². The molecule has 0 aliphatic rings. The van der Waals surface area contributed by atoms with E-state index in [-0.39, 0.29) is 0 Å². The van der Waals surface area contributed by atoms with E-state index in [1.54, 1.807) is 6.92 Å². The van der Waals surface area contributed by atoms with Crippen LogP contribution in [0.15, 0.2) is 66.4 Å². The molecule has 4 nitrogen and oxygen atoms in total. The number of benzene rings is 2. The van der Waals surface area contributed by atoms with Crippen molar-refractivity contribution in [3.05, 3.63) is 66.4 Å². The molecule has 0 atom stereocenters. The fraction of sp³-hybridized carbons (Fsp3) is 0.0556. The van der Waals surface area contributed by atoms with Crippen LogP contribution in [0.25, 0.3) is 22.2 Å². The molecule has 3 rings (SSSR count). The molecule has 110 valence electrons. The summed E-state index contributed by atoms with van der Waals surface area (Å²) in [7, 11) is 0. The van der Waals surface area contributed by atoms with Crippen molar-refractivity contribution in [1.82, 2.24) is 4.98 Å². The second-order valence-electron chi connectivity index (χ2n) is 5.14. The van der Waals surface area contributed by atoms with E-state index in [1.165, 1.54) is 0 Å². The van der Waals surface area contributed by atoms with Gasteiger partial charge in [0.1, 0.15) is 0 Å². The summed E-state index contributed by atoms with van der Waals surface area (Å²) in [6.07, 6.45) is 1.15. The number of carboxylic acid groups (broad SMARTS) is 1. The molecule has 0 fully saturated rings. The Labute approximate surface area is 128 Å². The minimum atomic E-state index is -0.959. The van der Waals surface area contributed by atoms with Crippen molar-refractivity contribution in [1.29, 1.82) is 0 Å². The number of allylic oxidation sites excluding steroid dienone is 1. The SMILES string of the molecule is C/C(=C\C(=O)O)Nc1ccc2[nH]c(-c3ccccc3)cc2c1. The van der Waals surface area contributed by atoms with Crippen molar-refractivity contribution in [2.45, 2.75) is 6.92 Å². The van der Waals surface area contributed by atoms with E-state index in [2.05, 4.69) is 28.5 Å². The first-order chi connectivity index (χ1) is 10.6. The van der Waals surface area contributed by atoms with E-state index in [9.17, 15) is 4.79 Å². The Bertz CT molecular complexity index is 848. The van der Waals surface area contributed by atoms with Crippen LogP contribution in [0.5, 0.6) is 0 Å². The zero-order chi connectivity index (χ0) is 15.5. The lowest BCUT2D eigenvalue weighted by molar-refractivity contribution is -0.131. The normalized spacial score (nSPS) is 11.6. The summed E-state index contributed by atoms with van der Waals surface area (Å²) < 4.78 is 0. The lowest BCUT2D eigenvalue weighted by atomic mass is 10.1. The van der Waals surface area contributed by atoms with Gasteiger partial charge in [-0.05, 0) is 36.8 Å². The van der Waals surface area contributed by atoms with Crippen molar-refractivity contribution in [2.75, 3.05) is 5.32 Å². The molecule has 1 aromatic heterocycles. The summed E-state index contributed by atoms with van der Waals surface area (Å²) >= 11 is 0. The zero-order valence-corrected chi connectivity index (χ0v) is 12.1. The number of nitrogens with one attached hydrogen (secondary N) is 2. The summed E-state index contributed by atoms with van der Waals surface area (Å²) in [6, 6.07) is 18.1. The van der Waals surface area contributed by atoms with E-state index in [1.807, 2.05) is 36.4 Å². The molecular weight excluding hydrogens is 276 g/mol. The number of fused-ring (bicyclic) bond motifs is 1. The van der Waals surface area contributed by atoms with E-state index in [4.69, 9.17) is 5.11 Å². The van der Waals surface area contributed by atoms with Crippen LogP contribution in [0.4, 0.5) is 5.69 Å². The van der Waals surface area contributed by atoms with Gasteiger partial charge in [-0.3, -0.25) is 0 Å². The van der Waals surface area contributed by atoms with Gasteiger partial charge in [-0.25, -0.2) is 4.79 Å². The Morgan fingerprint density at radius 3 is 2.64 bits per heavy atom. The predicted octanol–water partition coefficient (Wildman–Crippen LogP) is 4.24. The number of H-pyrrole nitrogens is 1. The van der Waals surface area contributed by atoms with Crippen molar-refractivity contribution >= 4 is 22.6 Å². The lowest BCUT2D eigenvalue weighted by Crippen LogP contribution is -1.99. The fourth-order valence-electron chi connectivity index (χ4n) is 2.43. The van der Waals surface area contributed by atoms with Gasteiger partial charge in [0, 0.05) is 34.1 Å². The first-order valence-electron chi connectivity index (χ1n) is 6.98. The molecule has 3 aromatic rings. The third-order valence-corrected chi connectivity index (χ3v) is 3.39. The second-order valence-corrected chi connectivity index (χ2v) is 5.14. The molecule has 0 saturated heterocycles. The van der Waals surface area contributed by atoms with E-state index >= 15 is 0 Å². The number of aromatic nitrogens is 1. The molecule has 0 radical (unpaired) electrons. The maximum Gasteiger partial charge on any atom is 0.330 e. The van der Waals surface area contributed by atoms with Crippen LogP contribution in [0.3, 0.4) is 0 Å². The summed E-state index contributed by atoms with van der Waals surface area (Å²) in [6.45, 7) is 1.73. The van der Waals surface area contributed by atoms with Gasteiger partial charge in [0.05, 0.1) is 0 Å². The average molecular weight is 292 g/mol. The Balaban J connectivity index is 1.92. The Hall–Kier alpha value is -3.01. The number of hydrogen-bond donors (Lipinski definition) is 3. The van der Waals surface area contributed by atoms with Gasteiger partial charge in [0.2, 0.25) is 0 Å². The van der Waals surface area contributed by atoms with Crippen LogP contribution in [0, 0.1) is 0 Å². The standard InChI is InChI=1S/C18H16N2O2/c1-12(9-18(21)22)19-15-7-8-16-14(10-15)11-17(20-16)13-5-3-2-4-6-13/h2-11,19-20H,1H3,(H,21,22)/b12-9+. The Morgan fingerprint density at radius 2 is 1.91 bits per heavy atom. The number of carbonyl (C=O) groups is 1. The highest BCUT2D eigenvalue weighted by atomic mass is 16.4. The Kier molecular flexibility index (Phi) is 3.66. The van der Waals surface area contributed by atoms with E-state index in [0.29, 0.717) is 5.70 Å². The van der Waals surface area contributed by atoms with Crippen molar-refractivity contribution in [2.24, 2.45) is 0 Å². The number of aromatic amines is 1. The highest BCUT2D eigenvalue weighted by molar-refractivity contribution is 5.89. The smallest absolute Gasteiger partial charge is 0.330 e. The average Bonchev–Trinajstić information content (AvgIpc) is 2.90. The van der Waals surface area contributed by atoms with Crippen molar-refractivity contribution in [3.63, 3.8) is 0 Å². The molecule has 2 aromatic carbocycles. The third kappa shape index (κ3) is 3.01. The Morgan fingerprint density at radius 1 is 1.14 bits per heavy atom. The molecule has 0 saturated carbocycles. The lowest BCUT2D eigenvalue weighted by Gasteiger charge is -2.05. The molecule has 4 heteroatoms. The summed E-state index contributed by atoms with van der Waals surface area (Å²) in [5, 5.41) is 12.9. The van der Waals surface area contributed by atoms with Gasteiger partial charge in [0.15, 0.2) is 0 Å². The largest absolute Gasteiger partial charge is 0.478 e. The molecular formula is C18H16N2O2. The highest BCUT2D eigenvalue weighted by Crippen LogP contribution is 2.26. The minimum Gasteiger partial charge on any atom is -0.478 e. The maximum atomic E-state index is 10.7. The van der Waals surface area contributed by atoms with Crippen LogP contribution in [0.2, 0.25) is 0 Å². The number of carboxylic acids is 1. The molecule has 22 heavy (non-hydrogen) atoms. The zero-order valence-electron chi connectivity index (χ0n) is 12.1. The highest BCUT2D eigenvalue weighted by Gasteiger charge is 2.04. The summed E-state index contributed by atoms with van der Waals surface area (Å²) in [4.78, 5) is 14.0. The van der Waals surface area contributed by atoms with Crippen molar-refractivity contribution < 1.29 is 9.90 Å². The molecule has 0 unspecified atom stereocenters. The molecule has 1 heterocycles. The number of rotatable bonds is 4. The van der Waals surface area contributed by atoms with Gasteiger partial charge >= 0.3 is 5.97 Å². The number of aliphatic carboxylic acids is 1. The minimum absolute atomic E-state index is 0.589. The third-order valence-electron chi connectivity index (χ3n) is 3.39. The molecule has 0 aliphatic carbocycles. The second kappa shape index (κ2) is 5.77. The molecule has 0 amide bonds. The van der Waals surface area contributed by atoms with Crippen LogP contribution in [-0.2, 0) is 4.79 Å². The monoisotopic (exact) mass is 292 g/mol. The molecule has 0 bridgehead atoms. The van der Waals surface area contributed by atoms with Crippen LogP contribution < -0.4 is 5.32 Å². The molecule has 0 aliphatic heterocycles. The van der Waals surface area contributed by atoms with E-state index in [0.717, 1.165) is 33.9 Å². The van der Waals surface area contributed by atoms with Crippen LogP contribution in [-0.4, -0.2) is 16.1 Å². The van der Waals surface area contributed by atoms with Gasteiger partial charge in [0.25, 0.3) is 0 Å². The van der Waals surface area contributed by atoms with Gasteiger partial charge in [-0.15, -0.1) is 0 Å². The first-order valence-corrected chi connectivity index (χ1v) is 6.98. The van der Waals surface area contributed by atoms with E-state index < -0.39 is 5.97 Å². The quantitative estimate of drug-likeness (QED) is 0.630. The van der Waals surface area contributed by atoms with Gasteiger partial charge < -0.3 is 15.4 Å². The topological polar surface area (TPSA) is 65.1 Å². The van der Waals surface area contributed by atoms with Gasteiger partial charge in [-0.2, -0.15) is 0 Å². The van der Waals surface area contributed by atoms with Gasteiger partial charge in [-0.1, -0.05) is 30.3 Å². The molecule has 3 N–H and O–H groups in total. The first kappa shape index (κ1) is 13.9. The van der Waals surface area contributed by atoms with Crippen LogP contribution >= 0.6 is 0 Å². The fourth-order valence-corrected chi connectivity index (χ4v) is 2.43. The number of anilines is 1. The molecule has 0 spiro atoms. The summed E-state index contributed by atoms with van der Waals surface area (Å²) in [5.41, 5.74) is 4.69.